The lowest BCUT2D eigenvalue weighted by molar-refractivity contribution is 0.0526. The van der Waals surface area contributed by atoms with Crippen molar-refractivity contribution in [1.82, 2.24) is 0 Å². The highest BCUT2D eigenvalue weighted by molar-refractivity contribution is 6.33. The Labute approximate surface area is 129 Å². The zero-order chi connectivity index (χ0) is 15.2. The van der Waals surface area contributed by atoms with Crippen molar-refractivity contribution in [3.8, 4) is 11.1 Å². The monoisotopic (exact) mass is 304 g/mol. The summed E-state index contributed by atoms with van der Waals surface area (Å²) in [5, 5.41) is 9.63. The van der Waals surface area contributed by atoms with Crippen molar-refractivity contribution in [3.05, 3.63) is 58.6 Å². The number of rotatable bonds is 5. The summed E-state index contributed by atoms with van der Waals surface area (Å²) >= 11 is 6.31. The first-order chi connectivity index (χ1) is 10.2. The second kappa shape index (κ2) is 7.25. The molecule has 2 rings (SSSR count). The standard InChI is InChI=1S/C17H17ClO3/c1-2-21-17(20)13-7-8-15(16(18)11-13)14-6-4-3-5-12(14)9-10-19/h3-8,11,19H,2,9-10H2,1H3. The molecular weight excluding hydrogens is 288 g/mol. The van der Waals surface area contributed by atoms with E-state index in [9.17, 15) is 4.79 Å². The average molecular weight is 305 g/mol. The highest BCUT2D eigenvalue weighted by atomic mass is 35.5. The van der Waals surface area contributed by atoms with Crippen LogP contribution in [0.1, 0.15) is 22.8 Å². The molecule has 0 saturated carbocycles. The van der Waals surface area contributed by atoms with E-state index in [0.717, 1.165) is 16.7 Å². The first-order valence-corrected chi connectivity index (χ1v) is 7.21. The van der Waals surface area contributed by atoms with Gasteiger partial charge in [-0.05, 0) is 36.6 Å². The lowest BCUT2D eigenvalue weighted by atomic mass is 9.97. The molecule has 0 heterocycles. The third-order valence-corrected chi connectivity index (χ3v) is 3.48. The molecule has 0 aliphatic heterocycles. The molecule has 21 heavy (non-hydrogen) atoms. The fourth-order valence-electron chi connectivity index (χ4n) is 2.20. The third-order valence-electron chi connectivity index (χ3n) is 3.17. The Morgan fingerprint density at radius 3 is 2.62 bits per heavy atom. The zero-order valence-corrected chi connectivity index (χ0v) is 12.6. The predicted octanol–water partition coefficient (Wildman–Crippen LogP) is 3.72. The van der Waals surface area contributed by atoms with Gasteiger partial charge in [-0.1, -0.05) is 41.9 Å². The molecule has 2 aromatic rings. The highest BCUT2D eigenvalue weighted by Gasteiger charge is 2.12. The molecule has 0 aromatic heterocycles. The Bertz CT molecular complexity index is 638. The highest BCUT2D eigenvalue weighted by Crippen LogP contribution is 2.31. The number of aliphatic hydroxyl groups excluding tert-OH is 1. The summed E-state index contributed by atoms with van der Waals surface area (Å²) in [6, 6.07) is 12.9. The largest absolute Gasteiger partial charge is 0.462 e. The van der Waals surface area contributed by atoms with Crippen molar-refractivity contribution < 1.29 is 14.6 Å². The fourth-order valence-corrected chi connectivity index (χ4v) is 2.48. The van der Waals surface area contributed by atoms with Gasteiger partial charge in [-0.3, -0.25) is 0 Å². The minimum atomic E-state index is -0.380. The normalized spacial score (nSPS) is 10.4. The molecule has 0 amide bonds. The van der Waals surface area contributed by atoms with Gasteiger partial charge in [0.25, 0.3) is 0 Å². The van der Waals surface area contributed by atoms with Gasteiger partial charge in [0.2, 0.25) is 0 Å². The number of halogens is 1. The number of benzene rings is 2. The maximum atomic E-state index is 11.7. The molecule has 110 valence electrons. The van der Waals surface area contributed by atoms with Gasteiger partial charge in [0, 0.05) is 17.2 Å². The van der Waals surface area contributed by atoms with Crippen LogP contribution in [-0.2, 0) is 11.2 Å². The minimum absolute atomic E-state index is 0.0789. The zero-order valence-electron chi connectivity index (χ0n) is 11.8. The van der Waals surface area contributed by atoms with Gasteiger partial charge >= 0.3 is 5.97 Å². The molecule has 0 fully saturated rings. The van der Waals surface area contributed by atoms with Crippen LogP contribution in [0.4, 0.5) is 0 Å². The Balaban J connectivity index is 2.40. The van der Waals surface area contributed by atoms with Crippen LogP contribution in [0, 0.1) is 0 Å². The van der Waals surface area contributed by atoms with Crippen LogP contribution in [0.2, 0.25) is 5.02 Å². The molecule has 1 N–H and O–H groups in total. The van der Waals surface area contributed by atoms with Crippen molar-refractivity contribution in [1.29, 1.82) is 0 Å². The van der Waals surface area contributed by atoms with Crippen LogP contribution < -0.4 is 0 Å². The first-order valence-electron chi connectivity index (χ1n) is 6.83. The van der Waals surface area contributed by atoms with E-state index >= 15 is 0 Å². The van der Waals surface area contributed by atoms with E-state index in [2.05, 4.69) is 0 Å². The molecule has 0 saturated heterocycles. The van der Waals surface area contributed by atoms with Gasteiger partial charge in [-0.25, -0.2) is 4.79 Å². The van der Waals surface area contributed by atoms with Crippen molar-refractivity contribution >= 4 is 17.6 Å². The van der Waals surface area contributed by atoms with E-state index in [1.807, 2.05) is 30.3 Å². The summed E-state index contributed by atoms with van der Waals surface area (Å²) in [5.74, 6) is -0.380. The van der Waals surface area contributed by atoms with Gasteiger partial charge < -0.3 is 9.84 Å². The molecule has 0 aliphatic carbocycles. The van der Waals surface area contributed by atoms with Gasteiger partial charge in [-0.15, -0.1) is 0 Å². The van der Waals surface area contributed by atoms with E-state index in [0.29, 0.717) is 23.6 Å². The summed E-state index contributed by atoms with van der Waals surface area (Å²) in [6.07, 6.45) is 0.562. The predicted molar refractivity (Wildman–Crippen MR) is 83.6 cm³/mol. The molecule has 0 spiro atoms. The summed E-state index contributed by atoms with van der Waals surface area (Å²) in [4.78, 5) is 11.7. The molecule has 0 bridgehead atoms. The summed E-state index contributed by atoms with van der Waals surface area (Å²) < 4.78 is 4.96. The minimum Gasteiger partial charge on any atom is -0.462 e. The van der Waals surface area contributed by atoms with Crippen molar-refractivity contribution in [3.63, 3.8) is 0 Å². The van der Waals surface area contributed by atoms with Crippen molar-refractivity contribution in [2.45, 2.75) is 13.3 Å². The van der Waals surface area contributed by atoms with Gasteiger partial charge in [0.1, 0.15) is 0 Å². The molecule has 0 aliphatic rings. The lowest BCUT2D eigenvalue weighted by Gasteiger charge is -2.11. The number of carbonyl (C=O) groups is 1. The van der Waals surface area contributed by atoms with Crippen molar-refractivity contribution in [2.75, 3.05) is 13.2 Å². The van der Waals surface area contributed by atoms with E-state index in [1.54, 1.807) is 19.1 Å². The average Bonchev–Trinajstić information content (AvgIpc) is 2.48. The quantitative estimate of drug-likeness (QED) is 0.856. The maximum Gasteiger partial charge on any atom is 0.338 e. The second-order valence-corrected chi connectivity index (χ2v) is 4.95. The molecule has 0 atom stereocenters. The van der Waals surface area contributed by atoms with Gasteiger partial charge in [-0.2, -0.15) is 0 Å². The van der Waals surface area contributed by atoms with Crippen LogP contribution in [0.3, 0.4) is 0 Å². The number of carbonyl (C=O) groups excluding carboxylic acids is 1. The van der Waals surface area contributed by atoms with E-state index in [1.165, 1.54) is 0 Å². The number of hydrogen-bond donors (Lipinski definition) is 1. The van der Waals surface area contributed by atoms with Crippen LogP contribution in [0.15, 0.2) is 42.5 Å². The summed E-state index contributed by atoms with van der Waals surface area (Å²) in [5.41, 5.74) is 3.26. The SMILES string of the molecule is CCOC(=O)c1ccc(-c2ccccc2CCO)c(Cl)c1. The number of esters is 1. The molecule has 0 radical (unpaired) electrons. The van der Waals surface area contributed by atoms with Crippen LogP contribution in [0.5, 0.6) is 0 Å². The number of ether oxygens (including phenoxy) is 1. The molecule has 2 aromatic carbocycles. The van der Waals surface area contributed by atoms with E-state index in [4.69, 9.17) is 21.4 Å². The molecule has 4 heteroatoms. The van der Waals surface area contributed by atoms with Crippen LogP contribution >= 0.6 is 11.6 Å². The Morgan fingerprint density at radius 2 is 1.95 bits per heavy atom. The maximum absolute atomic E-state index is 11.7. The summed E-state index contributed by atoms with van der Waals surface area (Å²) in [6.45, 7) is 2.17. The second-order valence-electron chi connectivity index (χ2n) is 4.55. The van der Waals surface area contributed by atoms with Crippen LogP contribution in [0.25, 0.3) is 11.1 Å². The Kier molecular flexibility index (Phi) is 5.37. The smallest absolute Gasteiger partial charge is 0.338 e. The molecular formula is C17H17ClO3. The van der Waals surface area contributed by atoms with E-state index in [-0.39, 0.29) is 12.6 Å². The van der Waals surface area contributed by atoms with Gasteiger partial charge in [0.15, 0.2) is 0 Å². The number of aliphatic hydroxyl groups is 1. The van der Waals surface area contributed by atoms with Gasteiger partial charge in [0.05, 0.1) is 12.2 Å². The topological polar surface area (TPSA) is 46.5 Å². The first kappa shape index (κ1) is 15.5. The molecule has 0 unspecified atom stereocenters. The van der Waals surface area contributed by atoms with E-state index < -0.39 is 0 Å². The molecule has 3 nitrogen and oxygen atoms in total. The summed E-state index contributed by atoms with van der Waals surface area (Å²) in [7, 11) is 0. The lowest BCUT2D eigenvalue weighted by Crippen LogP contribution is -2.04. The fraction of sp³-hybridized carbons (Fsp3) is 0.235. The Hall–Kier alpha value is -1.84. The van der Waals surface area contributed by atoms with Crippen molar-refractivity contribution in [2.24, 2.45) is 0 Å². The number of hydrogen-bond acceptors (Lipinski definition) is 3. The van der Waals surface area contributed by atoms with Crippen LogP contribution in [-0.4, -0.2) is 24.3 Å². The third kappa shape index (κ3) is 3.63. The Morgan fingerprint density at radius 1 is 1.19 bits per heavy atom.